The Kier molecular flexibility index (Phi) is 5.38. The highest BCUT2D eigenvalue weighted by molar-refractivity contribution is 5.94. The summed E-state index contributed by atoms with van der Waals surface area (Å²) in [5.41, 5.74) is -0.0248. The number of aromatic nitrogens is 1. The van der Waals surface area contributed by atoms with Crippen LogP contribution in [0.25, 0.3) is 10.9 Å². The number of anilines is 1. The van der Waals surface area contributed by atoms with E-state index in [0.717, 1.165) is 37.7 Å². The van der Waals surface area contributed by atoms with E-state index in [4.69, 9.17) is 0 Å². The van der Waals surface area contributed by atoms with Crippen molar-refractivity contribution in [2.75, 3.05) is 31.1 Å². The lowest BCUT2D eigenvalue weighted by Crippen LogP contribution is -2.51. The molecule has 4 rings (SSSR count). The minimum Gasteiger partial charge on any atom is -0.369 e. The third kappa shape index (κ3) is 4.17. The van der Waals surface area contributed by atoms with Gasteiger partial charge >= 0.3 is 6.18 Å². The summed E-state index contributed by atoms with van der Waals surface area (Å²) in [7, 11) is 0. The molecule has 2 aliphatic heterocycles. The fourth-order valence-electron chi connectivity index (χ4n) is 4.51. The van der Waals surface area contributed by atoms with Crippen LogP contribution >= 0.6 is 0 Å². The molecular weight excluding hydrogens is 381 g/mol. The summed E-state index contributed by atoms with van der Waals surface area (Å²) >= 11 is 0. The lowest BCUT2D eigenvalue weighted by Gasteiger charge is -2.39. The van der Waals surface area contributed by atoms with E-state index in [1.807, 2.05) is 0 Å². The molecule has 156 valence electrons. The van der Waals surface area contributed by atoms with Gasteiger partial charge in [0.1, 0.15) is 0 Å². The predicted molar refractivity (Wildman–Crippen MR) is 106 cm³/mol. The number of hydrogen-bond acceptors (Lipinski definition) is 4. The van der Waals surface area contributed by atoms with Crippen molar-refractivity contribution in [1.29, 1.82) is 0 Å². The van der Waals surface area contributed by atoms with Crippen LogP contribution < -0.4 is 15.5 Å². The Hall–Kier alpha value is -2.35. The van der Waals surface area contributed by atoms with Crippen LogP contribution in [0.15, 0.2) is 30.5 Å². The number of rotatable bonds is 3. The van der Waals surface area contributed by atoms with Gasteiger partial charge in [0, 0.05) is 42.9 Å². The maximum atomic E-state index is 13.4. The monoisotopic (exact) mass is 406 g/mol. The van der Waals surface area contributed by atoms with Crippen molar-refractivity contribution in [3.63, 3.8) is 0 Å². The third-order valence-electron chi connectivity index (χ3n) is 5.83. The van der Waals surface area contributed by atoms with Crippen LogP contribution in [0, 0.1) is 11.8 Å². The van der Waals surface area contributed by atoms with Gasteiger partial charge in [-0.05, 0) is 49.6 Å². The van der Waals surface area contributed by atoms with E-state index in [-0.39, 0.29) is 23.4 Å². The molecule has 0 spiro atoms. The number of nitrogens with one attached hydrogen (secondary N) is 2. The van der Waals surface area contributed by atoms with E-state index in [1.165, 1.54) is 12.3 Å². The average molecular weight is 406 g/mol. The molecule has 0 radical (unpaired) electrons. The van der Waals surface area contributed by atoms with Crippen LogP contribution in [0.1, 0.15) is 25.3 Å². The number of benzene rings is 1. The Bertz CT molecular complexity index is 895. The van der Waals surface area contributed by atoms with Crippen molar-refractivity contribution >= 4 is 22.5 Å². The summed E-state index contributed by atoms with van der Waals surface area (Å²) in [4.78, 5) is 18.6. The standard InChI is InChI=1S/C21H25F3N4O/c1-13-9-15(27-20(29)14-6-8-25-10-14)12-28(11-13)18-5-4-17(21(22,23)24)19-16(18)3-2-7-26-19/h2-5,7,13-15,25H,6,8-12H2,1H3,(H,27,29)/t13-,14+,15+/m0/s1. The Labute approximate surface area is 167 Å². The first-order valence-electron chi connectivity index (χ1n) is 10.0. The third-order valence-corrected chi connectivity index (χ3v) is 5.83. The first kappa shape index (κ1) is 19.9. The fourth-order valence-corrected chi connectivity index (χ4v) is 4.51. The number of carbonyl (C=O) groups excluding carboxylic acids is 1. The Morgan fingerprint density at radius 2 is 2.10 bits per heavy atom. The minimum atomic E-state index is -4.45. The molecule has 5 nitrogen and oxygen atoms in total. The molecule has 1 aromatic heterocycles. The number of piperidine rings is 1. The second-order valence-electron chi connectivity index (χ2n) is 8.17. The molecule has 8 heteroatoms. The average Bonchev–Trinajstić information content (AvgIpc) is 3.21. The molecule has 3 atom stereocenters. The zero-order chi connectivity index (χ0) is 20.6. The number of nitrogens with zero attached hydrogens (tertiary/aromatic N) is 2. The van der Waals surface area contributed by atoms with Gasteiger partial charge < -0.3 is 15.5 Å². The maximum Gasteiger partial charge on any atom is 0.418 e. The maximum absolute atomic E-state index is 13.4. The van der Waals surface area contributed by atoms with E-state index in [9.17, 15) is 18.0 Å². The van der Waals surface area contributed by atoms with E-state index in [0.29, 0.717) is 24.4 Å². The van der Waals surface area contributed by atoms with Gasteiger partial charge in [-0.25, -0.2) is 0 Å². The molecular formula is C21H25F3N4O. The van der Waals surface area contributed by atoms with Gasteiger partial charge in [0.15, 0.2) is 0 Å². The first-order chi connectivity index (χ1) is 13.8. The molecule has 2 aromatic rings. The van der Waals surface area contributed by atoms with Gasteiger partial charge in [-0.15, -0.1) is 0 Å². The van der Waals surface area contributed by atoms with Crippen LogP contribution in [0.4, 0.5) is 18.9 Å². The van der Waals surface area contributed by atoms with E-state index < -0.39 is 11.7 Å². The van der Waals surface area contributed by atoms with Crippen molar-refractivity contribution in [2.45, 2.75) is 32.0 Å². The zero-order valence-corrected chi connectivity index (χ0v) is 16.3. The minimum absolute atomic E-state index is 0.00298. The quantitative estimate of drug-likeness (QED) is 0.822. The molecule has 2 fully saturated rings. The number of alkyl halides is 3. The van der Waals surface area contributed by atoms with Gasteiger partial charge in [0.2, 0.25) is 5.91 Å². The van der Waals surface area contributed by atoms with Crippen LogP contribution in [0.2, 0.25) is 0 Å². The molecule has 29 heavy (non-hydrogen) atoms. The smallest absolute Gasteiger partial charge is 0.369 e. The molecule has 3 heterocycles. The molecule has 2 N–H and O–H groups in total. The predicted octanol–water partition coefficient (Wildman–Crippen LogP) is 3.19. The van der Waals surface area contributed by atoms with Crippen molar-refractivity contribution in [2.24, 2.45) is 11.8 Å². The van der Waals surface area contributed by atoms with Crippen molar-refractivity contribution in [1.82, 2.24) is 15.6 Å². The highest BCUT2D eigenvalue weighted by atomic mass is 19.4. The number of hydrogen-bond donors (Lipinski definition) is 2. The molecule has 0 bridgehead atoms. The van der Waals surface area contributed by atoms with E-state index in [2.05, 4.69) is 27.4 Å². The summed E-state index contributed by atoms with van der Waals surface area (Å²) in [6.07, 6.45) is -1.36. The highest BCUT2D eigenvalue weighted by Crippen LogP contribution is 2.38. The van der Waals surface area contributed by atoms with Gasteiger partial charge in [0.25, 0.3) is 0 Å². The normalized spacial score (nSPS) is 25.4. The molecule has 1 aromatic carbocycles. The van der Waals surface area contributed by atoms with Crippen molar-refractivity contribution in [3.8, 4) is 0 Å². The summed E-state index contributed by atoms with van der Waals surface area (Å²) in [5, 5.41) is 6.85. The van der Waals surface area contributed by atoms with E-state index in [1.54, 1.807) is 12.1 Å². The van der Waals surface area contributed by atoms with Gasteiger partial charge in [-0.2, -0.15) is 13.2 Å². The number of amides is 1. The Balaban J connectivity index is 1.60. The molecule has 0 unspecified atom stereocenters. The molecule has 2 saturated heterocycles. The summed E-state index contributed by atoms with van der Waals surface area (Å²) in [6.45, 7) is 4.97. The number of fused-ring (bicyclic) bond motifs is 1. The van der Waals surface area contributed by atoms with Gasteiger partial charge in [0.05, 0.1) is 17.0 Å². The largest absolute Gasteiger partial charge is 0.418 e. The van der Waals surface area contributed by atoms with Crippen molar-refractivity contribution < 1.29 is 18.0 Å². The summed E-state index contributed by atoms with van der Waals surface area (Å²) < 4.78 is 40.2. The molecule has 2 aliphatic rings. The molecule has 1 amide bonds. The number of halogens is 3. The highest BCUT2D eigenvalue weighted by Gasteiger charge is 2.35. The van der Waals surface area contributed by atoms with Gasteiger partial charge in [-0.3, -0.25) is 9.78 Å². The second-order valence-corrected chi connectivity index (χ2v) is 8.17. The van der Waals surface area contributed by atoms with Crippen molar-refractivity contribution in [3.05, 3.63) is 36.0 Å². The SMILES string of the molecule is C[C@H]1C[C@@H](NC(=O)[C@@H]2CCNC2)CN(c2ccc(C(F)(F)F)c3ncccc23)C1. The first-order valence-corrected chi connectivity index (χ1v) is 10.0. The van der Waals surface area contributed by atoms with Crippen LogP contribution in [-0.2, 0) is 11.0 Å². The van der Waals surface area contributed by atoms with Crippen LogP contribution in [-0.4, -0.2) is 43.1 Å². The van der Waals surface area contributed by atoms with E-state index >= 15 is 0 Å². The second kappa shape index (κ2) is 7.82. The topological polar surface area (TPSA) is 57.3 Å². The lowest BCUT2D eigenvalue weighted by molar-refractivity contribution is -0.136. The molecule has 0 saturated carbocycles. The number of pyridine rings is 1. The Morgan fingerprint density at radius 3 is 2.83 bits per heavy atom. The van der Waals surface area contributed by atoms with Gasteiger partial charge in [-0.1, -0.05) is 6.92 Å². The summed E-state index contributed by atoms with van der Waals surface area (Å²) in [5.74, 6) is 0.370. The fraction of sp³-hybridized carbons (Fsp3) is 0.524. The van der Waals surface area contributed by atoms with Crippen LogP contribution in [0.5, 0.6) is 0 Å². The zero-order valence-electron chi connectivity index (χ0n) is 16.3. The molecule has 0 aliphatic carbocycles. The Morgan fingerprint density at radius 1 is 1.28 bits per heavy atom. The lowest BCUT2D eigenvalue weighted by atomic mass is 9.94. The van der Waals surface area contributed by atoms with Crippen LogP contribution in [0.3, 0.4) is 0 Å². The summed E-state index contributed by atoms with van der Waals surface area (Å²) in [6, 6.07) is 5.96. The number of carbonyl (C=O) groups is 1.